The van der Waals surface area contributed by atoms with Gasteiger partial charge in [-0.1, -0.05) is 17.7 Å². The molecule has 0 aliphatic rings. The van der Waals surface area contributed by atoms with Gasteiger partial charge in [-0.15, -0.1) is 11.3 Å². The lowest BCUT2D eigenvalue weighted by atomic mass is 10.2. The Morgan fingerprint density at radius 2 is 2.16 bits per heavy atom. The summed E-state index contributed by atoms with van der Waals surface area (Å²) >= 11 is 7.84. The normalized spacial score (nSPS) is 11.9. The van der Waals surface area contributed by atoms with Crippen molar-refractivity contribution in [3.8, 4) is 0 Å². The molecule has 1 amide bonds. The predicted octanol–water partition coefficient (Wildman–Crippen LogP) is 4.53. The number of anilines is 2. The molecule has 1 aromatic heterocycles. The summed E-state index contributed by atoms with van der Waals surface area (Å²) in [7, 11) is 0. The second-order valence-electron chi connectivity index (χ2n) is 4.26. The Kier molecular flexibility index (Phi) is 4.45. The second kappa shape index (κ2) is 6.08. The van der Waals surface area contributed by atoms with Crippen molar-refractivity contribution in [2.24, 2.45) is 0 Å². The second-order valence-corrected chi connectivity index (χ2v) is 5.64. The van der Waals surface area contributed by atoms with E-state index in [1.54, 1.807) is 17.4 Å². The SMILES string of the molecule is CC(=O)Nc1ccc(NC(C)c2cccs2)cc1Cl. The van der Waals surface area contributed by atoms with Crippen LogP contribution in [0.15, 0.2) is 35.7 Å². The summed E-state index contributed by atoms with van der Waals surface area (Å²) in [5.74, 6) is -0.130. The fraction of sp³-hybridized carbons (Fsp3) is 0.214. The summed E-state index contributed by atoms with van der Waals surface area (Å²) < 4.78 is 0. The van der Waals surface area contributed by atoms with Crippen molar-refractivity contribution in [2.45, 2.75) is 19.9 Å². The summed E-state index contributed by atoms with van der Waals surface area (Å²) in [4.78, 5) is 12.3. The molecule has 1 atom stereocenters. The number of halogens is 1. The largest absolute Gasteiger partial charge is 0.378 e. The van der Waals surface area contributed by atoms with E-state index in [-0.39, 0.29) is 11.9 Å². The Morgan fingerprint density at radius 1 is 1.37 bits per heavy atom. The maximum absolute atomic E-state index is 11.0. The molecule has 0 bridgehead atoms. The van der Waals surface area contributed by atoms with Gasteiger partial charge in [-0.05, 0) is 36.6 Å². The molecule has 0 aliphatic carbocycles. The minimum atomic E-state index is -0.130. The lowest BCUT2D eigenvalue weighted by Gasteiger charge is -2.15. The van der Waals surface area contributed by atoms with Gasteiger partial charge in [0.05, 0.1) is 16.8 Å². The molecule has 0 saturated carbocycles. The average molecular weight is 295 g/mol. The highest BCUT2D eigenvalue weighted by Gasteiger charge is 2.08. The third kappa shape index (κ3) is 3.72. The number of benzene rings is 1. The molecule has 1 unspecified atom stereocenters. The van der Waals surface area contributed by atoms with Crippen LogP contribution in [0, 0.1) is 0 Å². The van der Waals surface area contributed by atoms with Crippen LogP contribution in [0.25, 0.3) is 0 Å². The van der Waals surface area contributed by atoms with Gasteiger partial charge in [-0.25, -0.2) is 0 Å². The van der Waals surface area contributed by atoms with Gasteiger partial charge < -0.3 is 10.6 Å². The van der Waals surface area contributed by atoms with E-state index in [1.807, 2.05) is 18.2 Å². The molecule has 2 aromatic rings. The molecule has 2 rings (SSSR count). The first-order chi connectivity index (χ1) is 9.06. The molecule has 1 heterocycles. The molecule has 5 heteroatoms. The minimum Gasteiger partial charge on any atom is -0.378 e. The Labute approximate surface area is 121 Å². The molecular weight excluding hydrogens is 280 g/mol. The smallest absolute Gasteiger partial charge is 0.221 e. The third-order valence-electron chi connectivity index (χ3n) is 2.63. The van der Waals surface area contributed by atoms with Gasteiger partial charge in [-0.3, -0.25) is 4.79 Å². The van der Waals surface area contributed by atoms with Gasteiger partial charge in [-0.2, -0.15) is 0 Å². The van der Waals surface area contributed by atoms with Gasteiger partial charge in [0.15, 0.2) is 0 Å². The van der Waals surface area contributed by atoms with Crippen molar-refractivity contribution in [3.63, 3.8) is 0 Å². The van der Waals surface area contributed by atoms with Crippen LogP contribution in [0.1, 0.15) is 24.8 Å². The fourth-order valence-electron chi connectivity index (χ4n) is 1.75. The van der Waals surface area contributed by atoms with Gasteiger partial charge in [0, 0.05) is 17.5 Å². The Balaban J connectivity index is 2.10. The van der Waals surface area contributed by atoms with Crippen LogP contribution >= 0.6 is 22.9 Å². The van der Waals surface area contributed by atoms with E-state index in [2.05, 4.69) is 29.0 Å². The van der Waals surface area contributed by atoms with E-state index < -0.39 is 0 Å². The Hall–Kier alpha value is -1.52. The number of carbonyl (C=O) groups excluding carboxylic acids is 1. The number of hydrogen-bond acceptors (Lipinski definition) is 3. The standard InChI is InChI=1S/C14H15ClN2OS/c1-9(14-4-3-7-19-14)16-11-5-6-13(12(15)8-11)17-10(2)18/h3-9,16H,1-2H3,(H,17,18). The van der Waals surface area contributed by atoms with Crippen LogP contribution in [0.3, 0.4) is 0 Å². The number of amides is 1. The molecule has 0 radical (unpaired) electrons. The Morgan fingerprint density at radius 3 is 2.74 bits per heavy atom. The van der Waals surface area contributed by atoms with Crippen LogP contribution in [0.5, 0.6) is 0 Å². The maximum atomic E-state index is 11.0. The average Bonchev–Trinajstić information content (AvgIpc) is 2.86. The van der Waals surface area contributed by atoms with Crippen LogP contribution < -0.4 is 10.6 Å². The first kappa shape index (κ1) is 13.9. The molecule has 0 spiro atoms. The molecule has 19 heavy (non-hydrogen) atoms. The van der Waals surface area contributed by atoms with Gasteiger partial charge in [0.25, 0.3) is 0 Å². The molecule has 100 valence electrons. The molecule has 2 N–H and O–H groups in total. The van der Waals surface area contributed by atoms with E-state index in [0.717, 1.165) is 5.69 Å². The zero-order valence-corrected chi connectivity index (χ0v) is 12.3. The van der Waals surface area contributed by atoms with Crippen molar-refractivity contribution >= 4 is 40.2 Å². The van der Waals surface area contributed by atoms with Crippen molar-refractivity contribution in [1.29, 1.82) is 0 Å². The van der Waals surface area contributed by atoms with E-state index >= 15 is 0 Å². The van der Waals surface area contributed by atoms with Crippen molar-refractivity contribution in [3.05, 3.63) is 45.6 Å². The van der Waals surface area contributed by atoms with Crippen LogP contribution in [-0.4, -0.2) is 5.91 Å². The Bertz CT molecular complexity index is 569. The fourth-order valence-corrected chi connectivity index (χ4v) is 2.72. The van der Waals surface area contributed by atoms with Crippen molar-refractivity contribution < 1.29 is 4.79 Å². The van der Waals surface area contributed by atoms with E-state index in [1.165, 1.54) is 11.8 Å². The summed E-state index contributed by atoms with van der Waals surface area (Å²) in [6, 6.07) is 9.87. The first-order valence-corrected chi connectivity index (χ1v) is 7.19. The van der Waals surface area contributed by atoms with Crippen LogP contribution in [-0.2, 0) is 4.79 Å². The summed E-state index contributed by atoms with van der Waals surface area (Å²) in [6.45, 7) is 3.56. The quantitative estimate of drug-likeness (QED) is 0.869. The van der Waals surface area contributed by atoms with Gasteiger partial charge >= 0.3 is 0 Å². The van der Waals surface area contributed by atoms with Gasteiger partial charge in [0.2, 0.25) is 5.91 Å². The van der Waals surface area contributed by atoms with Gasteiger partial charge in [0.1, 0.15) is 0 Å². The van der Waals surface area contributed by atoms with Crippen molar-refractivity contribution in [1.82, 2.24) is 0 Å². The monoisotopic (exact) mass is 294 g/mol. The third-order valence-corrected chi connectivity index (χ3v) is 4.00. The van der Waals surface area contributed by atoms with E-state index in [0.29, 0.717) is 10.7 Å². The molecular formula is C14H15ClN2OS. The van der Waals surface area contributed by atoms with E-state index in [9.17, 15) is 4.79 Å². The topological polar surface area (TPSA) is 41.1 Å². The zero-order valence-electron chi connectivity index (χ0n) is 10.7. The molecule has 0 saturated heterocycles. The lowest BCUT2D eigenvalue weighted by molar-refractivity contribution is -0.114. The molecule has 0 aliphatic heterocycles. The number of rotatable bonds is 4. The molecule has 1 aromatic carbocycles. The first-order valence-electron chi connectivity index (χ1n) is 5.93. The highest BCUT2D eigenvalue weighted by Crippen LogP contribution is 2.28. The minimum absolute atomic E-state index is 0.130. The number of hydrogen-bond donors (Lipinski definition) is 2. The summed E-state index contributed by atoms with van der Waals surface area (Å²) in [6.07, 6.45) is 0. The molecule has 3 nitrogen and oxygen atoms in total. The van der Waals surface area contributed by atoms with Crippen LogP contribution in [0.2, 0.25) is 5.02 Å². The highest BCUT2D eigenvalue weighted by atomic mass is 35.5. The maximum Gasteiger partial charge on any atom is 0.221 e. The van der Waals surface area contributed by atoms with Crippen LogP contribution in [0.4, 0.5) is 11.4 Å². The number of nitrogens with one attached hydrogen (secondary N) is 2. The summed E-state index contributed by atoms with van der Waals surface area (Å²) in [5.41, 5.74) is 1.56. The number of carbonyl (C=O) groups is 1. The van der Waals surface area contributed by atoms with E-state index in [4.69, 9.17) is 11.6 Å². The lowest BCUT2D eigenvalue weighted by Crippen LogP contribution is -2.07. The highest BCUT2D eigenvalue weighted by molar-refractivity contribution is 7.10. The predicted molar refractivity (Wildman–Crippen MR) is 82.1 cm³/mol. The number of thiophene rings is 1. The molecule has 0 fully saturated rings. The van der Waals surface area contributed by atoms with Crippen molar-refractivity contribution in [2.75, 3.05) is 10.6 Å². The summed E-state index contributed by atoms with van der Waals surface area (Å²) in [5, 5.41) is 8.65. The zero-order chi connectivity index (χ0) is 13.8.